The lowest BCUT2D eigenvalue weighted by Crippen LogP contribution is -2.42. The van der Waals surface area contributed by atoms with E-state index in [1.165, 1.54) is 19.3 Å². The van der Waals surface area contributed by atoms with Gasteiger partial charge in [-0.15, -0.1) is 0 Å². The predicted molar refractivity (Wildman–Crippen MR) is 85.7 cm³/mol. The molecule has 1 fully saturated rings. The van der Waals surface area contributed by atoms with Crippen molar-refractivity contribution in [1.29, 1.82) is 0 Å². The van der Waals surface area contributed by atoms with Gasteiger partial charge in [0.25, 0.3) is 0 Å². The first-order valence-corrected chi connectivity index (χ1v) is 8.55. The Bertz CT molecular complexity index is 295. The van der Waals surface area contributed by atoms with Crippen LogP contribution in [0, 0.1) is 0 Å². The van der Waals surface area contributed by atoms with Crippen LogP contribution in [-0.4, -0.2) is 59.6 Å². The van der Waals surface area contributed by atoms with Crippen molar-refractivity contribution in [2.75, 3.05) is 19.8 Å². The van der Waals surface area contributed by atoms with Crippen LogP contribution in [0.1, 0.15) is 51.9 Å². The fraction of sp³-hybridized carbons (Fsp3) is 0.882. The normalized spacial score (nSPS) is 26.8. The molecule has 0 bridgehead atoms. The second-order valence-corrected chi connectivity index (χ2v) is 5.91. The van der Waals surface area contributed by atoms with Crippen molar-refractivity contribution >= 4 is 0 Å². The summed E-state index contributed by atoms with van der Waals surface area (Å²) in [5, 5.41) is 28.5. The van der Waals surface area contributed by atoms with Crippen molar-refractivity contribution in [2.45, 2.75) is 76.3 Å². The van der Waals surface area contributed by atoms with E-state index in [1.54, 1.807) is 0 Å². The van der Waals surface area contributed by atoms with Crippen molar-refractivity contribution < 1.29 is 24.8 Å². The zero-order valence-corrected chi connectivity index (χ0v) is 13.7. The second-order valence-electron chi connectivity index (χ2n) is 5.91. The lowest BCUT2D eigenvalue weighted by Gasteiger charge is -2.24. The monoisotopic (exact) mass is 316 g/mol. The second kappa shape index (κ2) is 12.0. The average molecular weight is 316 g/mol. The number of hydrogen-bond acceptors (Lipinski definition) is 5. The third kappa shape index (κ3) is 7.20. The zero-order chi connectivity index (χ0) is 16.2. The van der Waals surface area contributed by atoms with E-state index < -0.39 is 24.4 Å². The van der Waals surface area contributed by atoms with Crippen LogP contribution in [0.5, 0.6) is 0 Å². The number of unbranched alkanes of at least 4 members (excludes halogenated alkanes) is 5. The molecule has 4 atom stereocenters. The lowest BCUT2D eigenvalue weighted by molar-refractivity contribution is -0.101. The summed E-state index contributed by atoms with van der Waals surface area (Å²) in [7, 11) is 0. The van der Waals surface area contributed by atoms with Crippen molar-refractivity contribution in [3.8, 4) is 0 Å². The molecule has 1 heterocycles. The van der Waals surface area contributed by atoms with Crippen LogP contribution in [0.2, 0.25) is 0 Å². The third-order valence-corrected chi connectivity index (χ3v) is 3.97. The van der Waals surface area contributed by atoms with Gasteiger partial charge in [0.2, 0.25) is 0 Å². The highest BCUT2D eigenvalue weighted by atomic mass is 16.6. The topological polar surface area (TPSA) is 79.2 Å². The molecule has 0 unspecified atom stereocenters. The Balaban J connectivity index is 2.04. The van der Waals surface area contributed by atoms with Gasteiger partial charge >= 0.3 is 0 Å². The fourth-order valence-electron chi connectivity index (χ4n) is 2.54. The fourth-order valence-corrected chi connectivity index (χ4v) is 2.54. The Kier molecular flexibility index (Phi) is 10.7. The van der Waals surface area contributed by atoms with E-state index in [1.807, 2.05) is 0 Å². The van der Waals surface area contributed by atoms with Crippen LogP contribution in [0.15, 0.2) is 12.2 Å². The molecule has 22 heavy (non-hydrogen) atoms. The molecule has 5 nitrogen and oxygen atoms in total. The van der Waals surface area contributed by atoms with Gasteiger partial charge in [0.15, 0.2) is 0 Å². The Morgan fingerprint density at radius 2 is 1.86 bits per heavy atom. The largest absolute Gasteiger partial charge is 0.394 e. The molecule has 0 saturated carbocycles. The number of aliphatic hydroxyl groups excluding tert-OH is 3. The lowest BCUT2D eigenvalue weighted by atomic mass is 10.1. The Morgan fingerprint density at radius 3 is 2.45 bits per heavy atom. The smallest absolute Gasteiger partial charge is 0.114 e. The zero-order valence-electron chi connectivity index (χ0n) is 13.7. The van der Waals surface area contributed by atoms with Gasteiger partial charge in [-0.25, -0.2) is 0 Å². The van der Waals surface area contributed by atoms with Crippen LogP contribution in [0.25, 0.3) is 0 Å². The molecule has 0 aromatic carbocycles. The summed E-state index contributed by atoms with van der Waals surface area (Å²) in [6.45, 7) is 2.61. The molecule has 1 aliphatic rings. The van der Waals surface area contributed by atoms with Gasteiger partial charge in [-0.05, 0) is 25.7 Å². The third-order valence-electron chi connectivity index (χ3n) is 3.97. The number of rotatable bonds is 12. The Hall–Kier alpha value is -0.460. The molecule has 1 aliphatic heterocycles. The first-order valence-electron chi connectivity index (χ1n) is 8.55. The summed E-state index contributed by atoms with van der Waals surface area (Å²) >= 11 is 0. The molecular weight excluding hydrogens is 284 g/mol. The first-order chi connectivity index (χ1) is 10.7. The van der Waals surface area contributed by atoms with Gasteiger partial charge in [-0.3, -0.25) is 0 Å². The number of hydrogen-bond donors (Lipinski definition) is 3. The summed E-state index contributed by atoms with van der Waals surface area (Å²) in [4.78, 5) is 0. The molecule has 1 saturated heterocycles. The van der Waals surface area contributed by atoms with Gasteiger partial charge in [-0.2, -0.15) is 0 Å². The molecule has 1 rings (SSSR count). The molecular formula is C17H32O5. The molecule has 0 aromatic heterocycles. The number of ether oxygens (including phenoxy) is 2. The van der Waals surface area contributed by atoms with Gasteiger partial charge < -0.3 is 24.8 Å². The van der Waals surface area contributed by atoms with Crippen LogP contribution in [0.4, 0.5) is 0 Å². The molecule has 130 valence electrons. The standard InChI is InChI=1S/C17H32O5/c1-2-3-4-5-6-7-8-9-10-11-21-15(12-18)17-16(20)14(19)13-22-17/h5-6,14-20H,2-4,7-13H2,1H3/b6-5+/t14-,15+,16-,17-/m0/s1. The minimum absolute atomic E-state index is 0.0933. The Morgan fingerprint density at radius 1 is 1.14 bits per heavy atom. The van der Waals surface area contributed by atoms with E-state index in [0.717, 1.165) is 25.7 Å². The maximum Gasteiger partial charge on any atom is 0.114 e. The van der Waals surface area contributed by atoms with E-state index in [4.69, 9.17) is 9.47 Å². The Labute approximate surface area is 133 Å². The summed E-state index contributed by atoms with van der Waals surface area (Å²) in [6, 6.07) is 0. The maximum absolute atomic E-state index is 9.75. The quantitative estimate of drug-likeness (QED) is 0.378. The molecule has 5 heteroatoms. The molecule has 0 spiro atoms. The van der Waals surface area contributed by atoms with Gasteiger partial charge in [-0.1, -0.05) is 38.3 Å². The molecule has 0 aliphatic carbocycles. The highest BCUT2D eigenvalue weighted by Crippen LogP contribution is 2.19. The van der Waals surface area contributed by atoms with Crippen molar-refractivity contribution in [1.82, 2.24) is 0 Å². The highest BCUT2D eigenvalue weighted by Gasteiger charge is 2.40. The summed E-state index contributed by atoms with van der Waals surface area (Å²) in [6.07, 6.45) is 9.34. The summed E-state index contributed by atoms with van der Waals surface area (Å²) < 4.78 is 10.9. The number of allylic oxidation sites excluding steroid dienone is 2. The summed E-state index contributed by atoms with van der Waals surface area (Å²) in [5.74, 6) is 0. The van der Waals surface area contributed by atoms with Crippen molar-refractivity contribution in [3.63, 3.8) is 0 Å². The van der Waals surface area contributed by atoms with Gasteiger partial charge in [0.1, 0.15) is 24.4 Å². The van der Waals surface area contributed by atoms with E-state index in [9.17, 15) is 15.3 Å². The van der Waals surface area contributed by atoms with E-state index >= 15 is 0 Å². The van der Waals surface area contributed by atoms with Crippen LogP contribution < -0.4 is 0 Å². The van der Waals surface area contributed by atoms with Gasteiger partial charge in [0.05, 0.1) is 13.2 Å². The predicted octanol–water partition coefficient (Wildman–Crippen LogP) is 1.79. The van der Waals surface area contributed by atoms with E-state index in [0.29, 0.717) is 6.61 Å². The van der Waals surface area contributed by atoms with E-state index in [-0.39, 0.29) is 13.2 Å². The average Bonchev–Trinajstić information content (AvgIpc) is 2.85. The first kappa shape index (κ1) is 19.6. The van der Waals surface area contributed by atoms with Crippen LogP contribution >= 0.6 is 0 Å². The van der Waals surface area contributed by atoms with E-state index in [2.05, 4.69) is 19.1 Å². The minimum atomic E-state index is -0.981. The maximum atomic E-state index is 9.75. The summed E-state index contributed by atoms with van der Waals surface area (Å²) in [5.41, 5.74) is 0. The van der Waals surface area contributed by atoms with Gasteiger partial charge in [0, 0.05) is 6.61 Å². The van der Waals surface area contributed by atoms with Crippen LogP contribution in [0.3, 0.4) is 0 Å². The van der Waals surface area contributed by atoms with Crippen molar-refractivity contribution in [2.24, 2.45) is 0 Å². The molecule has 0 amide bonds. The van der Waals surface area contributed by atoms with Crippen LogP contribution in [-0.2, 0) is 9.47 Å². The van der Waals surface area contributed by atoms with Crippen molar-refractivity contribution in [3.05, 3.63) is 12.2 Å². The highest BCUT2D eigenvalue weighted by molar-refractivity contribution is 4.88. The molecule has 0 aromatic rings. The minimum Gasteiger partial charge on any atom is -0.394 e. The SMILES string of the molecule is CCCC/C=C/CCCCCO[C@H](CO)[C@@H]1OC[C@H](O)[C@@H]1O. The molecule has 0 radical (unpaired) electrons. The molecule has 3 N–H and O–H groups in total. The number of aliphatic hydroxyl groups is 3.